The van der Waals surface area contributed by atoms with E-state index in [0.29, 0.717) is 12.6 Å². The van der Waals surface area contributed by atoms with Crippen molar-refractivity contribution in [2.24, 2.45) is 0 Å². The molecule has 9 heteroatoms. The lowest BCUT2D eigenvalue weighted by molar-refractivity contribution is 0.528. The molecule has 180 valence electrons. The molecule has 4 heterocycles. The van der Waals surface area contributed by atoms with Gasteiger partial charge in [0.05, 0.1) is 12.0 Å². The van der Waals surface area contributed by atoms with Crippen molar-refractivity contribution in [2.75, 3.05) is 36.4 Å². The molecular formula is C26H29FN8. The molecule has 0 unspecified atom stereocenters. The summed E-state index contributed by atoms with van der Waals surface area (Å²) in [6, 6.07) is 10.9. The van der Waals surface area contributed by atoms with Gasteiger partial charge in [-0.25, -0.2) is 9.37 Å². The second-order valence-corrected chi connectivity index (χ2v) is 9.29. The monoisotopic (exact) mass is 472 g/mol. The van der Waals surface area contributed by atoms with Crippen molar-refractivity contribution in [3.8, 4) is 11.3 Å². The Hall–Kier alpha value is -3.59. The quantitative estimate of drug-likeness (QED) is 0.436. The topological polar surface area (TPSA) is 83.8 Å². The summed E-state index contributed by atoms with van der Waals surface area (Å²) in [6.07, 6.45) is 8.60. The number of hydrogen-bond donors (Lipinski definition) is 2. The van der Waals surface area contributed by atoms with Crippen LogP contribution in [-0.2, 0) is 6.54 Å². The van der Waals surface area contributed by atoms with Crippen molar-refractivity contribution >= 4 is 22.9 Å². The van der Waals surface area contributed by atoms with Crippen LogP contribution >= 0.6 is 0 Å². The van der Waals surface area contributed by atoms with E-state index >= 15 is 0 Å². The van der Waals surface area contributed by atoms with Crippen molar-refractivity contribution in [1.82, 2.24) is 29.8 Å². The molecule has 1 aromatic carbocycles. The SMILES string of the molecule is Fc1cccc(-c2ccc(CNc3nc(N4CCNCC4)nc4c3ncn4C3CCCC3)cn2)c1. The second-order valence-electron chi connectivity index (χ2n) is 9.29. The van der Waals surface area contributed by atoms with Gasteiger partial charge in [-0.1, -0.05) is 31.0 Å². The van der Waals surface area contributed by atoms with Crippen LogP contribution in [0.2, 0.25) is 0 Å². The van der Waals surface area contributed by atoms with Crippen LogP contribution in [0.5, 0.6) is 0 Å². The van der Waals surface area contributed by atoms with E-state index < -0.39 is 0 Å². The summed E-state index contributed by atoms with van der Waals surface area (Å²) < 4.78 is 15.8. The number of imidazole rings is 1. The number of fused-ring (bicyclic) bond motifs is 1. The van der Waals surface area contributed by atoms with Crippen LogP contribution in [0.3, 0.4) is 0 Å². The van der Waals surface area contributed by atoms with Crippen LogP contribution in [0.1, 0.15) is 37.3 Å². The minimum atomic E-state index is -0.264. The van der Waals surface area contributed by atoms with Gasteiger partial charge in [0.25, 0.3) is 0 Å². The first-order chi connectivity index (χ1) is 17.2. The smallest absolute Gasteiger partial charge is 0.229 e. The summed E-state index contributed by atoms with van der Waals surface area (Å²) in [5, 5.41) is 6.88. The Morgan fingerprint density at radius 3 is 2.66 bits per heavy atom. The predicted molar refractivity (Wildman–Crippen MR) is 135 cm³/mol. The standard InChI is InChI=1S/C26H29FN8/c27-20-5-3-4-19(14-20)22-9-8-18(15-29-22)16-30-24-23-25(35(17-31-23)21-6-1-2-7-21)33-26(32-24)34-12-10-28-11-13-34/h3-5,8-9,14-15,17,21,28H,1-2,6-7,10-13,16H2,(H,30,32,33). The number of halogens is 1. The fourth-order valence-corrected chi connectivity index (χ4v) is 5.02. The van der Waals surface area contributed by atoms with Crippen molar-refractivity contribution in [2.45, 2.75) is 38.3 Å². The maximum Gasteiger partial charge on any atom is 0.229 e. The number of rotatable bonds is 6. The molecule has 0 bridgehead atoms. The summed E-state index contributed by atoms with van der Waals surface area (Å²) in [5.74, 6) is 1.23. The van der Waals surface area contributed by atoms with Crippen LogP contribution in [0.4, 0.5) is 16.2 Å². The molecule has 4 aromatic rings. The van der Waals surface area contributed by atoms with Gasteiger partial charge in [-0.2, -0.15) is 9.97 Å². The molecule has 35 heavy (non-hydrogen) atoms. The van der Waals surface area contributed by atoms with Gasteiger partial charge in [0.1, 0.15) is 5.82 Å². The Morgan fingerprint density at radius 2 is 1.89 bits per heavy atom. The van der Waals surface area contributed by atoms with Gasteiger partial charge in [-0.05, 0) is 36.6 Å². The number of anilines is 2. The number of pyridine rings is 1. The molecule has 0 atom stereocenters. The molecule has 0 radical (unpaired) electrons. The van der Waals surface area contributed by atoms with E-state index in [4.69, 9.17) is 15.0 Å². The highest BCUT2D eigenvalue weighted by Crippen LogP contribution is 2.33. The van der Waals surface area contributed by atoms with Gasteiger partial charge < -0.3 is 20.1 Å². The summed E-state index contributed by atoms with van der Waals surface area (Å²) in [4.78, 5) is 21.4. The zero-order valence-corrected chi connectivity index (χ0v) is 19.6. The van der Waals surface area contributed by atoms with Crippen molar-refractivity contribution in [3.63, 3.8) is 0 Å². The van der Waals surface area contributed by atoms with Gasteiger partial charge in [-0.15, -0.1) is 0 Å². The minimum absolute atomic E-state index is 0.264. The highest BCUT2D eigenvalue weighted by molar-refractivity contribution is 5.84. The molecule has 2 fully saturated rings. The number of aromatic nitrogens is 5. The zero-order chi connectivity index (χ0) is 23.6. The summed E-state index contributed by atoms with van der Waals surface area (Å²) >= 11 is 0. The summed E-state index contributed by atoms with van der Waals surface area (Å²) in [5.41, 5.74) is 4.23. The molecule has 8 nitrogen and oxygen atoms in total. The predicted octanol–water partition coefficient (Wildman–Crippen LogP) is 4.16. The molecule has 2 aliphatic rings. The molecule has 2 N–H and O–H groups in total. The van der Waals surface area contributed by atoms with E-state index in [9.17, 15) is 4.39 Å². The maximum atomic E-state index is 13.6. The molecule has 0 amide bonds. The molecule has 1 saturated heterocycles. The molecule has 6 rings (SSSR count). The Morgan fingerprint density at radius 1 is 1.03 bits per heavy atom. The van der Waals surface area contributed by atoms with Gasteiger partial charge in [0.15, 0.2) is 17.0 Å². The highest BCUT2D eigenvalue weighted by Gasteiger charge is 2.23. The lowest BCUT2D eigenvalue weighted by atomic mass is 10.1. The normalized spacial score (nSPS) is 16.8. The lowest BCUT2D eigenvalue weighted by Crippen LogP contribution is -2.44. The fraction of sp³-hybridized carbons (Fsp3) is 0.385. The van der Waals surface area contributed by atoms with Crippen LogP contribution in [0.25, 0.3) is 22.4 Å². The number of benzene rings is 1. The van der Waals surface area contributed by atoms with Crippen LogP contribution in [0.15, 0.2) is 48.9 Å². The third kappa shape index (κ3) is 4.55. The second kappa shape index (κ2) is 9.58. The first kappa shape index (κ1) is 21.9. The average molecular weight is 473 g/mol. The summed E-state index contributed by atoms with van der Waals surface area (Å²) in [6.45, 7) is 4.17. The molecule has 3 aromatic heterocycles. The van der Waals surface area contributed by atoms with Gasteiger partial charge in [-0.3, -0.25) is 4.98 Å². The van der Waals surface area contributed by atoms with E-state index in [1.807, 2.05) is 30.7 Å². The van der Waals surface area contributed by atoms with Crippen LogP contribution in [0, 0.1) is 5.82 Å². The fourth-order valence-electron chi connectivity index (χ4n) is 5.02. The Bertz CT molecular complexity index is 1310. The van der Waals surface area contributed by atoms with Gasteiger partial charge in [0.2, 0.25) is 5.95 Å². The third-order valence-electron chi connectivity index (χ3n) is 6.93. The van der Waals surface area contributed by atoms with E-state index in [1.165, 1.54) is 37.8 Å². The molecule has 0 spiro atoms. The highest BCUT2D eigenvalue weighted by atomic mass is 19.1. The van der Waals surface area contributed by atoms with E-state index in [-0.39, 0.29) is 5.82 Å². The van der Waals surface area contributed by atoms with Gasteiger partial charge in [0, 0.05) is 50.5 Å². The number of hydrogen-bond acceptors (Lipinski definition) is 7. The minimum Gasteiger partial charge on any atom is -0.364 e. The van der Waals surface area contributed by atoms with Crippen molar-refractivity contribution < 1.29 is 4.39 Å². The Labute approximate surface area is 203 Å². The van der Waals surface area contributed by atoms with E-state index in [0.717, 1.165) is 65.9 Å². The first-order valence-corrected chi connectivity index (χ1v) is 12.4. The average Bonchev–Trinajstić information content (AvgIpc) is 3.58. The van der Waals surface area contributed by atoms with Crippen molar-refractivity contribution in [3.05, 3.63) is 60.3 Å². The van der Waals surface area contributed by atoms with Crippen molar-refractivity contribution in [1.29, 1.82) is 0 Å². The van der Waals surface area contributed by atoms with E-state index in [1.54, 1.807) is 6.07 Å². The largest absolute Gasteiger partial charge is 0.364 e. The van der Waals surface area contributed by atoms with E-state index in [2.05, 4.69) is 25.1 Å². The van der Waals surface area contributed by atoms with Crippen LogP contribution < -0.4 is 15.5 Å². The van der Waals surface area contributed by atoms with Gasteiger partial charge >= 0.3 is 0 Å². The summed E-state index contributed by atoms with van der Waals surface area (Å²) in [7, 11) is 0. The number of nitrogens with zero attached hydrogens (tertiary/aromatic N) is 6. The molecule has 1 aliphatic heterocycles. The third-order valence-corrected chi connectivity index (χ3v) is 6.93. The number of nitrogens with one attached hydrogen (secondary N) is 2. The lowest BCUT2D eigenvalue weighted by Gasteiger charge is -2.27. The first-order valence-electron chi connectivity index (χ1n) is 12.4. The molecule has 1 saturated carbocycles. The maximum absolute atomic E-state index is 13.6. The molecule has 1 aliphatic carbocycles. The Kier molecular flexibility index (Phi) is 5.99. The van der Waals surface area contributed by atoms with Crippen LogP contribution in [-0.4, -0.2) is 50.7 Å². The molecular weight excluding hydrogens is 443 g/mol. The Balaban J connectivity index is 1.28. The zero-order valence-electron chi connectivity index (χ0n) is 19.6. The number of piperazine rings is 1.